The lowest BCUT2D eigenvalue weighted by atomic mass is 9.92. The predicted molar refractivity (Wildman–Crippen MR) is 98.8 cm³/mol. The molecule has 1 saturated carbocycles. The smallest absolute Gasteiger partial charge is 0.224 e. The van der Waals surface area contributed by atoms with Gasteiger partial charge in [0.1, 0.15) is 5.82 Å². The van der Waals surface area contributed by atoms with Gasteiger partial charge in [-0.2, -0.15) is 4.98 Å². The van der Waals surface area contributed by atoms with Gasteiger partial charge in [0.15, 0.2) is 0 Å². The van der Waals surface area contributed by atoms with E-state index in [1.807, 2.05) is 30.3 Å². The minimum atomic E-state index is 0.321. The number of rotatable bonds is 5. The Balaban J connectivity index is 1.79. The van der Waals surface area contributed by atoms with Crippen molar-refractivity contribution in [2.75, 3.05) is 10.6 Å². The lowest BCUT2D eigenvalue weighted by Crippen LogP contribution is -2.33. The van der Waals surface area contributed by atoms with E-state index in [1.54, 1.807) is 6.20 Å². The maximum absolute atomic E-state index is 5.96. The van der Waals surface area contributed by atoms with Gasteiger partial charge in [0.25, 0.3) is 0 Å². The average Bonchev–Trinajstić information content (AvgIpc) is 2.58. The highest BCUT2D eigenvalue weighted by atomic mass is 15.2. The third-order valence-corrected chi connectivity index (χ3v) is 4.28. The van der Waals surface area contributed by atoms with Gasteiger partial charge in [-0.05, 0) is 37.8 Å². The van der Waals surface area contributed by atoms with Crippen molar-refractivity contribution >= 4 is 23.2 Å². The number of para-hydroxylation sites is 1. The maximum atomic E-state index is 5.96. The van der Waals surface area contributed by atoms with E-state index in [0.29, 0.717) is 35.1 Å². The van der Waals surface area contributed by atoms with Gasteiger partial charge < -0.3 is 22.1 Å². The van der Waals surface area contributed by atoms with Gasteiger partial charge in [-0.25, -0.2) is 4.98 Å². The van der Waals surface area contributed by atoms with E-state index >= 15 is 0 Å². The summed E-state index contributed by atoms with van der Waals surface area (Å²) in [6, 6.07) is 10.5. The molecule has 0 radical (unpaired) electrons. The van der Waals surface area contributed by atoms with E-state index in [2.05, 4.69) is 27.2 Å². The highest BCUT2D eigenvalue weighted by molar-refractivity contribution is 5.74. The van der Waals surface area contributed by atoms with Crippen LogP contribution in [0.4, 0.5) is 17.5 Å². The average molecular weight is 324 g/mol. The number of nitrogens with zero attached hydrogens (tertiary/aromatic N) is 2. The molecule has 1 heterocycles. The van der Waals surface area contributed by atoms with Crippen molar-refractivity contribution in [2.24, 2.45) is 11.5 Å². The van der Waals surface area contributed by atoms with E-state index in [1.165, 1.54) is 0 Å². The molecule has 0 aliphatic heterocycles. The van der Waals surface area contributed by atoms with Gasteiger partial charge in [-0.1, -0.05) is 24.8 Å². The van der Waals surface area contributed by atoms with E-state index in [4.69, 9.17) is 11.5 Å². The lowest BCUT2D eigenvalue weighted by Gasteiger charge is -2.27. The number of benzene rings is 1. The fourth-order valence-electron chi connectivity index (χ4n) is 2.89. The summed E-state index contributed by atoms with van der Waals surface area (Å²) < 4.78 is 0. The van der Waals surface area contributed by atoms with E-state index in [0.717, 1.165) is 31.4 Å². The van der Waals surface area contributed by atoms with Crippen LogP contribution in [0.25, 0.3) is 5.70 Å². The molecule has 3 rings (SSSR count). The second kappa shape index (κ2) is 7.31. The molecule has 1 fully saturated rings. The standard InChI is InChI=1S/C18H24N6/c1-12(19)16-11-21-18(23-15-9-7-13(20)8-10-15)24-17(16)22-14-5-3-2-4-6-14/h2-6,11,13,15H,1,7-10,19-20H2,(H2,21,22,23,24)/t13-,15-. The topological polar surface area (TPSA) is 102 Å². The zero-order chi connectivity index (χ0) is 16.9. The molecule has 0 unspecified atom stereocenters. The summed E-state index contributed by atoms with van der Waals surface area (Å²) in [6.45, 7) is 3.80. The summed E-state index contributed by atoms with van der Waals surface area (Å²) in [7, 11) is 0. The molecule has 1 aromatic heterocycles. The Morgan fingerprint density at radius 1 is 1.12 bits per heavy atom. The Labute approximate surface area is 142 Å². The first-order chi connectivity index (χ1) is 11.6. The molecule has 0 amide bonds. The fourth-order valence-corrected chi connectivity index (χ4v) is 2.89. The van der Waals surface area contributed by atoms with Crippen molar-refractivity contribution in [3.05, 3.63) is 48.7 Å². The van der Waals surface area contributed by atoms with Gasteiger partial charge in [0.05, 0.1) is 5.56 Å². The number of nitrogens with one attached hydrogen (secondary N) is 2. The van der Waals surface area contributed by atoms with Crippen LogP contribution in [0, 0.1) is 0 Å². The Morgan fingerprint density at radius 2 is 1.83 bits per heavy atom. The van der Waals surface area contributed by atoms with Crippen LogP contribution in [0.1, 0.15) is 31.2 Å². The summed E-state index contributed by atoms with van der Waals surface area (Å²) in [6.07, 6.45) is 5.85. The molecule has 1 aliphatic rings. The molecule has 6 nitrogen and oxygen atoms in total. The van der Waals surface area contributed by atoms with Crippen LogP contribution < -0.4 is 22.1 Å². The maximum Gasteiger partial charge on any atom is 0.224 e. The number of hydrogen-bond acceptors (Lipinski definition) is 6. The fraction of sp³-hybridized carbons (Fsp3) is 0.333. The summed E-state index contributed by atoms with van der Waals surface area (Å²) in [4.78, 5) is 8.98. The summed E-state index contributed by atoms with van der Waals surface area (Å²) in [5.74, 6) is 1.25. The molecule has 0 saturated heterocycles. The summed E-state index contributed by atoms with van der Waals surface area (Å²) in [5.41, 5.74) is 13.9. The molecule has 24 heavy (non-hydrogen) atoms. The lowest BCUT2D eigenvalue weighted by molar-refractivity contribution is 0.410. The Kier molecular flexibility index (Phi) is 4.96. The van der Waals surface area contributed by atoms with Crippen LogP contribution in [-0.2, 0) is 0 Å². The Morgan fingerprint density at radius 3 is 2.50 bits per heavy atom. The van der Waals surface area contributed by atoms with Crippen LogP contribution in [0.3, 0.4) is 0 Å². The van der Waals surface area contributed by atoms with Crippen LogP contribution in [0.5, 0.6) is 0 Å². The minimum Gasteiger partial charge on any atom is -0.399 e. The third-order valence-electron chi connectivity index (χ3n) is 4.28. The monoisotopic (exact) mass is 324 g/mol. The van der Waals surface area contributed by atoms with Gasteiger partial charge in [-0.3, -0.25) is 0 Å². The first-order valence-corrected chi connectivity index (χ1v) is 8.28. The molecule has 0 spiro atoms. The molecule has 1 aliphatic carbocycles. The number of hydrogen-bond donors (Lipinski definition) is 4. The van der Waals surface area contributed by atoms with E-state index < -0.39 is 0 Å². The van der Waals surface area contributed by atoms with Crippen LogP contribution in [0.15, 0.2) is 43.1 Å². The molecule has 126 valence electrons. The van der Waals surface area contributed by atoms with Crippen molar-refractivity contribution < 1.29 is 0 Å². The van der Waals surface area contributed by atoms with Crippen molar-refractivity contribution in [1.82, 2.24) is 9.97 Å². The number of aromatic nitrogens is 2. The number of anilines is 3. The van der Waals surface area contributed by atoms with Crippen molar-refractivity contribution in [3.8, 4) is 0 Å². The second-order valence-electron chi connectivity index (χ2n) is 6.23. The SMILES string of the molecule is C=C(N)c1cnc(N[C@H]2CC[C@H](N)CC2)nc1Nc1ccccc1. The molecule has 1 aromatic carbocycles. The minimum absolute atomic E-state index is 0.321. The normalized spacial score (nSPS) is 20.4. The third kappa shape index (κ3) is 4.02. The molecule has 2 aromatic rings. The quantitative estimate of drug-likeness (QED) is 0.674. The summed E-state index contributed by atoms with van der Waals surface area (Å²) in [5, 5.41) is 6.69. The molecule has 0 bridgehead atoms. The first-order valence-electron chi connectivity index (χ1n) is 8.28. The van der Waals surface area contributed by atoms with E-state index in [-0.39, 0.29) is 0 Å². The van der Waals surface area contributed by atoms with E-state index in [9.17, 15) is 0 Å². The Bertz CT molecular complexity index is 692. The largest absolute Gasteiger partial charge is 0.399 e. The molecular weight excluding hydrogens is 300 g/mol. The molecule has 6 heteroatoms. The molecule has 0 atom stereocenters. The first kappa shape index (κ1) is 16.3. The second-order valence-corrected chi connectivity index (χ2v) is 6.23. The van der Waals surface area contributed by atoms with Crippen molar-refractivity contribution in [2.45, 2.75) is 37.8 Å². The zero-order valence-electron chi connectivity index (χ0n) is 13.7. The summed E-state index contributed by atoms with van der Waals surface area (Å²) >= 11 is 0. The van der Waals surface area contributed by atoms with Crippen LogP contribution in [-0.4, -0.2) is 22.1 Å². The van der Waals surface area contributed by atoms with Gasteiger partial charge in [0.2, 0.25) is 5.95 Å². The number of nitrogens with two attached hydrogens (primary N) is 2. The van der Waals surface area contributed by atoms with Crippen molar-refractivity contribution in [1.29, 1.82) is 0 Å². The highest BCUT2D eigenvalue weighted by Crippen LogP contribution is 2.24. The molecular formula is C18H24N6. The van der Waals surface area contributed by atoms with Gasteiger partial charge in [-0.15, -0.1) is 0 Å². The zero-order valence-corrected chi connectivity index (χ0v) is 13.7. The highest BCUT2D eigenvalue weighted by Gasteiger charge is 2.19. The predicted octanol–water partition coefficient (Wildman–Crippen LogP) is 2.83. The van der Waals surface area contributed by atoms with Gasteiger partial charge in [0, 0.05) is 29.7 Å². The van der Waals surface area contributed by atoms with Crippen LogP contribution >= 0.6 is 0 Å². The van der Waals surface area contributed by atoms with Crippen molar-refractivity contribution in [3.63, 3.8) is 0 Å². The Hall–Kier alpha value is -2.60. The van der Waals surface area contributed by atoms with Crippen LogP contribution in [0.2, 0.25) is 0 Å². The van der Waals surface area contributed by atoms with Gasteiger partial charge >= 0.3 is 0 Å². The molecule has 6 N–H and O–H groups in total.